The lowest BCUT2D eigenvalue weighted by molar-refractivity contribution is 0.102. The van der Waals surface area contributed by atoms with Crippen LogP contribution in [0, 0.1) is 13.8 Å². The number of hydrogen-bond acceptors (Lipinski definition) is 5. The third-order valence-electron chi connectivity index (χ3n) is 4.84. The van der Waals surface area contributed by atoms with E-state index in [0.29, 0.717) is 22.6 Å². The molecule has 1 aromatic heterocycles. The number of rotatable bonds is 8. The van der Waals surface area contributed by atoms with Crippen molar-refractivity contribution in [3.63, 3.8) is 0 Å². The maximum atomic E-state index is 13.0. The van der Waals surface area contributed by atoms with Crippen LogP contribution in [-0.2, 0) is 6.54 Å². The Morgan fingerprint density at radius 1 is 1.14 bits per heavy atom. The Bertz CT molecular complexity index is 1090. The number of carbonyl (C=O) groups is 1. The molecule has 6 heteroatoms. The predicted molar refractivity (Wildman–Crippen MR) is 120 cm³/mol. The van der Waals surface area contributed by atoms with Gasteiger partial charge in [-0.3, -0.25) is 14.2 Å². The maximum Gasteiger partial charge on any atom is 0.262 e. The first-order valence-corrected chi connectivity index (χ1v) is 10.7. The Hall–Kier alpha value is -2.44. The van der Waals surface area contributed by atoms with Gasteiger partial charge in [-0.15, -0.1) is 0 Å². The van der Waals surface area contributed by atoms with Crippen LogP contribution in [-0.4, -0.2) is 46.6 Å². The number of carbonyl (C=O) groups excluding carboxylic acids is 1. The molecule has 0 fully saturated rings. The normalized spacial score (nSPS) is 11.3. The van der Waals surface area contributed by atoms with Gasteiger partial charge in [0.2, 0.25) is 0 Å². The molecule has 0 amide bonds. The Balaban J connectivity index is 1.89. The first kappa shape index (κ1) is 21.3. The van der Waals surface area contributed by atoms with E-state index in [1.165, 1.54) is 11.8 Å². The van der Waals surface area contributed by atoms with Crippen LogP contribution >= 0.6 is 11.8 Å². The van der Waals surface area contributed by atoms with Gasteiger partial charge in [0.05, 0.1) is 16.7 Å². The molecule has 152 valence electrons. The van der Waals surface area contributed by atoms with E-state index in [0.717, 1.165) is 29.7 Å². The van der Waals surface area contributed by atoms with Gasteiger partial charge in [-0.25, -0.2) is 4.98 Å². The zero-order valence-electron chi connectivity index (χ0n) is 17.4. The van der Waals surface area contributed by atoms with Crippen molar-refractivity contribution in [2.45, 2.75) is 32.0 Å². The lowest BCUT2D eigenvalue weighted by Crippen LogP contribution is -2.25. The number of fused-ring (bicyclic) bond motifs is 1. The number of nitrogens with zero attached hydrogens (tertiary/aromatic N) is 3. The van der Waals surface area contributed by atoms with Crippen LogP contribution in [0.5, 0.6) is 0 Å². The highest BCUT2D eigenvalue weighted by Gasteiger charge is 2.15. The van der Waals surface area contributed by atoms with Crippen LogP contribution in [0.1, 0.15) is 27.9 Å². The number of ketones is 1. The minimum Gasteiger partial charge on any atom is -0.309 e. The van der Waals surface area contributed by atoms with Crippen molar-refractivity contribution >= 4 is 28.4 Å². The molecular formula is C23H27N3O2S. The molecule has 0 radical (unpaired) electrons. The topological polar surface area (TPSA) is 55.2 Å². The average Bonchev–Trinajstić information content (AvgIpc) is 2.69. The third kappa shape index (κ3) is 5.14. The zero-order chi connectivity index (χ0) is 21.0. The Morgan fingerprint density at radius 2 is 1.90 bits per heavy atom. The standard InChI is InChI=1S/C23H27N3O2S/c1-16-10-11-17(2)19(14-16)21(27)15-29-23-24-20-9-6-5-8-18(20)22(28)26(23)13-7-12-25(3)4/h5-6,8-11,14H,7,12-13,15H2,1-4H3. The van der Waals surface area contributed by atoms with Crippen molar-refractivity contribution < 1.29 is 4.79 Å². The third-order valence-corrected chi connectivity index (χ3v) is 5.82. The molecule has 0 aliphatic carbocycles. The number of Topliss-reactive ketones (excluding diaryl/α,β-unsaturated/α-hetero) is 1. The van der Waals surface area contributed by atoms with E-state index < -0.39 is 0 Å². The molecule has 0 saturated heterocycles. The zero-order valence-corrected chi connectivity index (χ0v) is 18.3. The van der Waals surface area contributed by atoms with Crippen molar-refractivity contribution in [1.29, 1.82) is 0 Å². The van der Waals surface area contributed by atoms with E-state index in [9.17, 15) is 9.59 Å². The van der Waals surface area contributed by atoms with Crippen LogP contribution in [0.3, 0.4) is 0 Å². The van der Waals surface area contributed by atoms with Crippen molar-refractivity contribution in [3.8, 4) is 0 Å². The van der Waals surface area contributed by atoms with Gasteiger partial charge in [-0.1, -0.05) is 41.6 Å². The summed E-state index contributed by atoms with van der Waals surface area (Å²) >= 11 is 1.34. The fourth-order valence-electron chi connectivity index (χ4n) is 3.24. The molecule has 1 heterocycles. The minimum atomic E-state index is -0.0453. The molecule has 0 aliphatic heterocycles. The summed E-state index contributed by atoms with van der Waals surface area (Å²) in [5.41, 5.74) is 3.39. The van der Waals surface area contributed by atoms with Crippen LogP contribution in [0.2, 0.25) is 0 Å². The van der Waals surface area contributed by atoms with E-state index in [1.54, 1.807) is 4.57 Å². The second-order valence-corrected chi connectivity index (χ2v) is 8.50. The van der Waals surface area contributed by atoms with Crippen LogP contribution in [0.15, 0.2) is 52.4 Å². The van der Waals surface area contributed by atoms with Gasteiger partial charge in [0.15, 0.2) is 10.9 Å². The number of para-hydroxylation sites is 1. The molecule has 3 rings (SSSR count). The second kappa shape index (κ2) is 9.37. The van der Waals surface area contributed by atoms with E-state index >= 15 is 0 Å². The highest BCUT2D eigenvalue weighted by Crippen LogP contribution is 2.21. The molecule has 0 atom stereocenters. The second-order valence-electron chi connectivity index (χ2n) is 7.56. The first-order chi connectivity index (χ1) is 13.9. The molecule has 0 bridgehead atoms. The van der Waals surface area contributed by atoms with Gasteiger partial charge in [0, 0.05) is 12.1 Å². The van der Waals surface area contributed by atoms with Gasteiger partial charge in [-0.05, 0) is 64.7 Å². The predicted octanol–water partition coefficient (Wildman–Crippen LogP) is 3.94. The molecule has 0 saturated carbocycles. The summed E-state index contributed by atoms with van der Waals surface area (Å²) in [6.45, 7) is 5.39. The summed E-state index contributed by atoms with van der Waals surface area (Å²) < 4.78 is 1.72. The van der Waals surface area contributed by atoms with Gasteiger partial charge >= 0.3 is 0 Å². The summed E-state index contributed by atoms with van der Waals surface area (Å²) in [7, 11) is 4.03. The van der Waals surface area contributed by atoms with Gasteiger partial charge in [-0.2, -0.15) is 0 Å². The summed E-state index contributed by atoms with van der Waals surface area (Å²) in [5, 5.41) is 1.22. The number of hydrogen-bond donors (Lipinski definition) is 0. The summed E-state index contributed by atoms with van der Waals surface area (Å²) in [6.07, 6.45) is 0.839. The highest BCUT2D eigenvalue weighted by molar-refractivity contribution is 7.99. The first-order valence-electron chi connectivity index (χ1n) is 9.74. The van der Waals surface area contributed by atoms with Crippen molar-refractivity contribution in [3.05, 3.63) is 69.5 Å². The smallest absolute Gasteiger partial charge is 0.262 e. The molecule has 0 aliphatic rings. The van der Waals surface area contributed by atoms with E-state index in [2.05, 4.69) is 4.90 Å². The number of benzene rings is 2. The number of thioether (sulfide) groups is 1. The quantitative estimate of drug-likeness (QED) is 0.320. The Labute approximate surface area is 175 Å². The Morgan fingerprint density at radius 3 is 2.66 bits per heavy atom. The molecule has 0 spiro atoms. The fourth-order valence-corrected chi connectivity index (χ4v) is 4.15. The Kier molecular flexibility index (Phi) is 6.87. The number of aryl methyl sites for hydroxylation is 2. The fraction of sp³-hybridized carbons (Fsp3) is 0.348. The van der Waals surface area contributed by atoms with Gasteiger partial charge < -0.3 is 4.90 Å². The SMILES string of the molecule is Cc1ccc(C)c(C(=O)CSc2nc3ccccc3c(=O)n2CCCN(C)C)c1. The molecule has 3 aromatic rings. The van der Waals surface area contributed by atoms with E-state index in [1.807, 2.05) is 70.4 Å². The van der Waals surface area contributed by atoms with E-state index in [4.69, 9.17) is 4.98 Å². The molecule has 5 nitrogen and oxygen atoms in total. The van der Waals surface area contributed by atoms with E-state index in [-0.39, 0.29) is 17.1 Å². The number of aromatic nitrogens is 2. The van der Waals surface area contributed by atoms with Crippen molar-refractivity contribution in [2.75, 3.05) is 26.4 Å². The molecular weight excluding hydrogens is 382 g/mol. The molecule has 0 N–H and O–H groups in total. The van der Waals surface area contributed by atoms with Gasteiger partial charge in [0.1, 0.15) is 0 Å². The summed E-state index contributed by atoms with van der Waals surface area (Å²) in [4.78, 5) is 32.7. The molecule has 2 aromatic carbocycles. The molecule has 0 unspecified atom stereocenters. The monoisotopic (exact) mass is 409 g/mol. The largest absolute Gasteiger partial charge is 0.309 e. The average molecular weight is 410 g/mol. The van der Waals surface area contributed by atoms with Crippen molar-refractivity contribution in [1.82, 2.24) is 14.5 Å². The summed E-state index contributed by atoms with van der Waals surface area (Å²) in [6, 6.07) is 13.3. The van der Waals surface area contributed by atoms with Crippen molar-refractivity contribution in [2.24, 2.45) is 0 Å². The van der Waals surface area contributed by atoms with Crippen LogP contribution in [0.4, 0.5) is 0 Å². The lowest BCUT2D eigenvalue weighted by Gasteiger charge is -2.15. The van der Waals surface area contributed by atoms with Crippen LogP contribution in [0.25, 0.3) is 10.9 Å². The highest BCUT2D eigenvalue weighted by atomic mass is 32.2. The lowest BCUT2D eigenvalue weighted by atomic mass is 10.0. The minimum absolute atomic E-state index is 0.0453. The molecule has 29 heavy (non-hydrogen) atoms. The van der Waals surface area contributed by atoms with Gasteiger partial charge in [0.25, 0.3) is 5.56 Å². The summed E-state index contributed by atoms with van der Waals surface area (Å²) in [5.74, 6) is 0.307. The van der Waals surface area contributed by atoms with Crippen LogP contribution < -0.4 is 5.56 Å². The maximum absolute atomic E-state index is 13.0.